The summed E-state index contributed by atoms with van der Waals surface area (Å²) in [6.07, 6.45) is 0. The number of nitrogens with zero attached hydrogens (tertiary/aromatic N) is 2. The van der Waals surface area contributed by atoms with Crippen LogP contribution in [0.25, 0.3) is 33.1 Å². The van der Waals surface area contributed by atoms with Gasteiger partial charge in [-0.15, -0.1) is 0 Å². The van der Waals surface area contributed by atoms with Gasteiger partial charge in [0.25, 0.3) is 10.0 Å². The van der Waals surface area contributed by atoms with E-state index in [1.165, 1.54) is 3.97 Å². The monoisotopic (exact) mass is 616 g/mol. The minimum atomic E-state index is -3.95. The third kappa shape index (κ3) is 5.07. The van der Waals surface area contributed by atoms with Crippen LogP contribution in [0, 0.1) is 0 Å². The van der Waals surface area contributed by atoms with Crippen molar-refractivity contribution in [1.29, 1.82) is 0 Å². The van der Waals surface area contributed by atoms with Crippen molar-refractivity contribution in [2.24, 2.45) is 0 Å². The number of carbonyl (C=O) groups is 1. The van der Waals surface area contributed by atoms with Gasteiger partial charge in [0, 0.05) is 16.3 Å². The number of hydrogen-bond acceptors (Lipinski definition) is 6. The van der Waals surface area contributed by atoms with Crippen molar-refractivity contribution in [3.63, 3.8) is 0 Å². The summed E-state index contributed by atoms with van der Waals surface area (Å²) in [5.74, 6) is 0.269. The normalized spacial score (nSPS) is 11.6. The average Bonchev–Trinajstić information content (AvgIpc) is 3.65. The van der Waals surface area contributed by atoms with E-state index in [9.17, 15) is 13.2 Å². The Kier molecular flexibility index (Phi) is 7.27. The Hall–Kier alpha value is -5.09. The summed E-state index contributed by atoms with van der Waals surface area (Å²) >= 11 is 0.898. The smallest absolute Gasteiger partial charge is 0.268 e. The van der Waals surface area contributed by atoms with Crippen molar-refractivity contribution in [2.75, 3.05) is 0 Å². The van der Waals surface area contributed by atoms with E-state index in [0.717, 1.165) is 28.5 Å². The molecule has 216 valence electrons. The second-order valence-electron chi connectivity index (χ2n) is 10.0. The molecule has 5 aromatic carbocycles. The first kappa shape index (κ1) is 27.7. The topological polar surface area (TPSA) is 79.5 Å². The maximum absolute atomic E-state index is 14.1. The maximum Gasteiger partial charge on any atom is 0.268 e. The number of para-hydroxylation sites is 3. The van der Waals surface area contributed by atoms with E-state index in [2.05, 4.69) is 0 Å². The molecule has 0 bridgehead atoms. The summed E-state index contributed by atoms with van der Waals surface area (Å²) in [6.45, 7) is 0. The van der Waals surface area contributed by atoms with Gasteiger partial charge in [0.15, 0.2) is 18.0 Å². The summed E-state index contributed by atoms with van der Waals surface area (Å²) in [5.41, 5.74) is 3.15. The molecule has 0 spiro atoms. The summed E-state index contributed by atoms with van der Waals surface area (Å²) in [5, 5.41) is 1.63. The highest BCUT2D eigenvalue weighted by Gasteiger charge is 2.25. The zero-order valence-corrected chi connectivity index (χ0v) is 24.7. The van der Waals surface area contributed by atoms with Gasteiger partial charge >= 0.3 is 0 Å². The summed E-state index contributed by atoms with van der Waals surface area (Å²) < 4.78 is 36.4. The minimum absolute atomic E-state index is 0.175. The molecule has 2 heterocycles. The first-order valence-electron chi connectivity index (χ1n) is 13.7. The maximum atomic E-state index is 14.1. The first-order chi connectivity index (χ1) is 21.5. The van der Waals surface area contributed by atoms with Crippen molar-refractivity contribution in [2.45, 2.75) is 4.90 Å². The third-order valence-corrected chi connectivity index (χ3v) is 9.66. The highest BCUT2D eigenvalue weighted by molar-refractivity contribution is 7.93. The van der Waals surface area contributed by atoms with Crippen LogP contribution in [0.4, 0.5) is 0 Å². The number of ketones is 1. The van der Waals surface area contributed by atoms with Crippen LogP contribution < -0.4 is 4.89 Å². The van der Waals surface area contributed by atoms with Gasteiger partial charge in [-0.3, -0.25) is 8.77 Å². The van der Waals surface area contributed by atoms with Crippen LogP contribution in [-0.2, 0) is 14.4 Å². The van der Waals surface area contributed by atoms with E-state index in [4.69, 9.17) is 9.22 Å². The largest absolute Gasteiger partial charge is 0.324 e. The van der Waals surface area contributed by atoms with Crippen molar-refractivity contribution < 1.29 is 22.4 Å². The fourth-order valence-electron chi connectivity index (χ4n) is 5.18. The van der Waals surface area contributed by atoms with Gasteiger partial charge in [-0.2, -0.15) is 0 Å². The van der Waals surface area contributed by atoms with Gasteiger partial charge in [0.2, 0.25) is 5.78 Å². The van der Waals surface area contributed by atoms with Gasteiger partial charge in [0.05, 0.1) is 21.6 Å². The Balaban J connectivity index is 1.29. The Morgan fingerprint density at radius 3 is 2.02 bits per heavy atom. The SMILES string of the molecule is O=C(c1cccc(-c2cc3ccccc3n2S(=O)(=O)c2ccccc2)c1)c1cc2ccccc2n1SOOc1ccccc1. The molecule has 0 saturated heterocycles. The molecule has 0 radical (unpaired) electrons. The molecule has 7 nitrogen and oxygen atoms in total. The van der Waals surface area contributed by atoms with Crippen molar-refractivity contribution in [3.8, 4) is 17.0 Å². The molecule has 0 aliphatic rings. The van der Waals surface area contributed by atoms with Crippen molar-refractivity contribution >= 4 is 49.8 Å². The van der Waals surface area contributed by atoms with Crippen LogP contribution in [0.15, 0.2) is 150 Å². The molecule has 7 aromatic rings. The lowest BCUT2D eigenvalue weighted by molar-refractivity contribution is -0.0785. The van der Waals surface area contributed by atoms with Crippen molar-refractivity contribution in [3.05, 3.63) is 157 Å². The molecule has 0 aliphatic carbocycles. The predicted octanol–water partition coefficient (Wildman–Crippen LogP) is 8.15. The van der Waals surface area contributed by atoms with Crippen LogP contribution in [0.3, 0.4) is 0 Å². The molecule has 0 fully saturated rings. The van der Waals surface area contributed by atoms with E-state index >= 15 is 0 Å². The molecule has 0 unspecified atom stereocenters. The zero-order valence-electron chi connectivity index (χ0n) is 23.1. The van der Waals surface area contributed by atoms with Crippen LogP contribution in [0.1, 0.15) is 16.1 Å². The molecular formula is C35H24N2O5S2. The second-order valence-corrected chi connectivity index (χ2v) is 12.4. The lowest BCUT2D eigenvalue weighted by Gasteiger charge is -2.13. The van der Waals surface area contributed by atoms with Gasteiger partial charge in [0.1, 0.15) is 5.69 Å². The highest BCUT2D eigenvalue weighted by atomic mass is 32.2. The highest BCUT2D eigenvalue weighted by Crippen LogP contribution is 2.34. The Morgan fingerprint density at radius 1 is 0.636 bits per heavy atom. The third-order valence-electron chi connectivity index (χ3n) is 7.25. The molecule has 0 N–H and O–H groups in total. The van der Waals surface area contributed by atoms with E-state index < -0.39 is 10.0 Å². The van der Waals surface area contributed by atoms with E-state index in [1.54, 1.807) is 76.8 Å². The van der Waals surface area contributed by atoms with Crippen LogP contribution in [0.5, 0.6) is 5.75 Å². The van der Waals surface area contributed by atoms with E-state index in [1.807, 2.05) is 72.8 Å². The summed E-state index contributed by atoms with van der Waals surface area (Å²) in [7, 11) is -3.95. The summed E-state index contributed by atoms with van der Waals surface area (Å²) in [4.78, 5) is 19.7. The number of benzene rings is 5. The van der Waals surface area contributed by atoms with Crippen LogP contribution in [0.2, 0.25) is 0 Å². The number of aromatic nitrogens is 2. The van der Waals surface area contributed by atoms with E-state index in [-0.39, 0.29) is 10.7 Å². The molecule has 0 atom stereocenters. The fourth-order valence-corrected chi connectivity index (χ4v) is 7.37. The van der Waals surface area contributed by atoms with Crippen molar-refractivity contribution in [1.82, 2.24) is 7.94 Å². The molecule has 9 heteroatoms. The average molecular weight is 617 g/mol. The molecule has 44 heavy (non-hydrogen) atoms. The van der Waals surface area contributed by atoms with Crippen LogP contribution >= 0.6 is 12.2 Å². The molecule has 0 amide bonds. The lowest BCUT2D eigenvalue weighted by atomic mass is 10.0. The van der Waals surface area contributed by atoms with Gasteiger partial charge in [-0.05, 0) is 60.2 Å². The number of rotatable bonds is 9. The molecule has 0 saturated carbocycles. The zero-order chi connectivity index (χ0) is 30.1. The van der Waals surface area contributed by atoms with Gasteiger partial charge < -0.3 is 4.89 Å². The molecule has 7 rings (SSSR count). The minimum Gasteiger partial charge on any atom is -0.324 e. The molecule has 2 aromatic heterocycles. The Bertz CT molecular complexity index is 2240. The standard InChI is InChI=1S/C35H24N2O5S2/c38-35(34-24-26-12-7-9-20-31(26)36(34)43-42-41-29-16-3-1-4-17-29)28-15-11-14-25(22-28)33-23-27-13-8-10-21-32(27)37(33)44(39,40)30-18-5-2-6-19-30/h1-24H. The second kappa shape index (κ2) is 11.5. The molecule has 0 aliphatic heterocycles. The number of fused-ring (bicyclic) bond motifs is 2. The number of hydrogen-bond donors (Lipinski definition) is 0. The van der Waals surface area contributed by atoms with Gasteiger partial charge in [-0.1, -0.05) is 95.3 Å². The quantitative estimate of drug-likeness (QED) is 0.0705. The number of carbonyl (C=O) groups excluding carboxylic acids is 1. The fraction of sp³-hybridized carbons (Fsp3) is 0. The van der Waals surface area contributed by atoms with Gasteiger partial charge in [-0.25, -0.2) is 12.4 Å². The summed E-state index contributed by atoms with van der Waals surface area (Å²) in [6, 6.07) is 43.0. The Morgan fingerprint density at radius 2 is 1.27 bits per heavy atom. The Labute approximate surface area is 258 Å². The molecular weight excluding hydrogens is 593 g/mol. The first-order valence-corrected chi connectivity index (χ1v) is 15.9. The predicted molar refractivity (Wildman–Crippen MR) is 173 cm³/mol. The van der Waals surface area contributed by atoms with E-state index in [0.29, 0.717) is 33.8 Å². The van der Waals surface area contributed by atoms with Crippen LogP contribution in [-0.4, -0.2) is 22.1 Å². The lowest BCUT2D eigenvalue weighted by Crippen LogP contribution is -2.14.